The van der Waals surface area contributed by atoms with Gasteiger partial charge in [-0.3, -0.25) is 0 Å². The van der Waals surface area contributed by atoms with Crippen molar-refractivity contribution in [2.75, 3.05) is 0 Å². The second-order valence-electron chi connectivity index (χ2n) is 8.31. The second kappa shape index (κ2) is 4.72. The van der Waals surface area contributed by atoms with Crippen LogP contribution >= 0.6 is 0 Å². The van der Waals surface area contributed by atoms with Crippen LogP contribution in [0, 0.1) is 6.92 Å². The third kappa shape index (κ3) is 2.12. The molecule has 1 aliphatic carbocycles. The van der Waals surface area contributed by atoms with Crippen molar-refractivity contribution in [2.45, 2.75) is 65.7 Å². The Bertz CT molecular complexity index is 739. The van der Waals surface area contributed by atoms with Crippen LogP contribution in [0.4, 0.5) is 0 Å². The normalized spacial score (nSPS) is 15.6. The van der Waals surface area contributed by atoms with Crippen LogP contribution in [0.25, 0.3) is 11.1 Å². The SMILES string of the molecule is CCc1cc2c(cc1C)C(C)(C)c1ccc(C(C)(C)C)cc1-2. The Hall–Kier alpha value is -1.56. The van der Waals surface area contributed by atoms with Crippen molar-refractivity contribution in [1.29, 1.82) is 0 Å². The Morgan fingerprint density at radius 3 is 2.14 bits per heavy atom. The lowest BCUT2D eigenvalue weighted by Gasteiger charge is -2.24. The molecule has 0 heteroatoms. The number of rotatable bonds is 1. The van der Waals surface area contributed by atoms with Crippen molar-refractivity contribution in [2.24, 2.45) is 0 Å². The highest BCUT2D eigenvalue weighted by Crippen LogP contribution is 2.50. The highest BCUT2D eigenvalue weighted by molar-refractivity contribution is 5.82. The van der Waals surface area contributed by atoms with E-state index in [2.05, 4.69) is 78.8 Å². The van der Waals surface area contributed by atoms with Crippen LogP contribution in [0.5, 0.6) is 0 Å². The summed E-state index contributed by atoms with van der Waals surface area (Å²) in [4.78, 5) is 0. The van der Waals surface area contributed by atoms with Gasteiger partial charge in [0.1, 0.15) is 0 Å². The van der Waals surface area contributed by atoms with E-state index in [1.807, 2.05) is 0 Å². The summed E-state index contributed by atoms with van der Waals surface area (Å²) in [6.45, 7) is 16.1. The van der Waals surface area contributed by atoms with Crippen LogP contribution in [0.1, 0.15) is 69.4 Å². The fraction of sp³-hybridized carbons (Fsp3) is 0.455. The van der Waals surface area contributed by atoms with Gasteiger partial charge in [0.25, 0.3) is 0 Å². The number of hydrogen-bond donors (Lipinski definition) is 0. The van der Waals surface area contributed by atoms with E-state index in [4.69, 9.17) is 0 Å². The molecule has 0 aromatic heterocycles. The summed E-state index contributed by atoms with van der Waals surface area (Å²) in [5.41, 5.74) is 10.5. The lowest BCUT2D eigenvalue weighted by Crippen LogP contribution is -2.16. The minimum absolute atomic E-state index is 0.109. The largest absolute Gasteiger partial charge is 0.0613 e. The minimum atomic E-state index is 0.109. The molecule has 0 nitrogen and oxygen atoms in total. The molecule has 0 saturated heterocycles. The number of benzene rings is 2. The third-order valence-corrected chi connectivity index (χ3v) is 5.38. The zero-order chi connectivity index (χ0) is 16.3. The number of hydrogen-bond acceptors (Lipinski definition) is 0. The molecular formula is C22H28. The quantitative estimate of drug-likeness (QED) is 0.590. The van der Waals surface area contributed by atoms with Crippen molar-refractivity contribution in [3.8, 4) is 11.1 Å². The van der Waals surface area contributed by atoms with Crippen LogP contribution in [-0.2, 0) is 17.3 Å². The first kappa shape index (κ1) is 15.3. The summed E-state index contributed by atoms with van der Waals surface area (Å²) in [5.74, 6) is 0. The summed E-state index contributed by atoms with van der Waals surface area (Å²) in [6, 6.07) is 12.0. The maximum atomic E-state index is 2.44. The smallest absolute Gasteiger partial charge is 0.0158 e. The van der Waals surface area contributed by atoms with Crippen LogP contribution < -0.4 is 0 Å². The summed E-state index contributed by atoms with van der Waals surface area (Å²) < 4.78 is 0. The molecule has 0 N–H and O–H groups in total. The topological polar surface area (TPSA) is 0 Å². The molecule has 0 bridgehead atoms. The molecule has 2 aromatic rings. The van der Waals surface area contributed by atoms with Crippen molar-refractivity contribution >= 4 is 0 Å². The van der Waals surface area contributed by atoms with E-state index in [-0.39, 0.29) is 10.8 Å². The van der Waals surface area contributed by atoms with Crippen LogP contribution in [0.3, 0.4) is 0 Å². The predicted octanol–water partition coefficient (Wildman–Crippen LogP) is 6.16. The maximum absolute atomic E-state index is 2.44. The first-order chi connectivity index (χ1) is 10.2. The average Bonchev–Trinajstić information content (AvgIpc) is 2.65. The van der Waals surface area contributed by atoms with Gasteiger partial charge >= 0.3 is 0 Å². The minimum Gasteiger partial charge on any atom is -0.0613 e. The second-order valence-corrected chi connectivity index (χ2v) is 8.31. The molecule has 2 aromatic carbocycles. The molecule has 22 heavy (non-hydrogen) atoms. The van der Waals surface area contributed by atoms with Crippen molar-refractivity contribution in [3.05, 3.63) is 58.1 Å². The molecule has 0 spiro atoms. The highest BCUT2D eigenvalue weighted by Gasteiger charge is 2.36. The molecule has 116 valence electrons. The molecule has 1 aliphatic rings. The first-order valence-corrected chi connectivity index (χ1v) is 8.45. The average molecular weight is 292 g/mol. The van der Waals surface area contributed by atoms with Crippen LogP contribution in [-0.4, -0.2) is 0 Å². The van der Waals surface area contributed by atoms with Gasteiger partial charge in [0.2, 0.25) is 0 Å². The summed E-state index contributed by atoms with van der Waals surface area (Å²) >= 11 is 0. The Morgan fingerprint density at radius 1 is 0.909 bits per heavy atom. The molecule has 0 unspecified atom stereocenters. The molecule has 0 atom stereocenters. The summed E-state index contributed by atoms with van der Waals surface area (Å²) in [6.07, 6.45) is 1.10. The van der Waals surface area contributed by atoms with Gasteiger partial charge in [0.15, 0.2) is 0 Å². The monoisotopic (exact) mass is 292 g/mol. The Labute approximate surface area is 135 Å². The summed E-state index contributed by atoms with van der Waals surface area (Å²) in [5, 5.41) is 0. The van der Waals surface area contributed by atoms with Crippen LogP contribution in [0.2, 0.25) is 0 Å². The Morgan fingerprint density at radius 2 is 1.55 bits per heavy atom. The third-order valence-electron chi connectivity index (χ3n) is 5.38. The van der Waals surface area contributed by atoms with Gasteiger partial charge in [-0.05, 0) is 57.7 Å². The molecule has 0 aliphatic heterocycles. The lowest BCUT2D eigenvalue weighted by atomic mass is 9.80. The van der Waals surface area contributed by atoms with Crippen molar-refractivity contribution < 1.29 is 0 Å². The molecule has 0 amide bonds. The Kier molecular flexibility index (Phi) is 3.29. The Balaban J connectivity index is 2.30. The van der Waals surface area contributed by atoms with Gasteiger partial charge in [-0.25, -0.2) is 0 Å². The van der Waals surface area contributed by atoms with Gasteiger partial charge < -0.3 is 0 Å². The molecule has 3 rings (SSSR count). The van der Waals surface area contributed by atoms with E-state index in [1.165, 1.54) is 38.9 Å². The van der Waals surface area contributed by atoms with E-state index in [0.717, 1.165) is 6.42 Å². The van der Waals surface area contributed by atoms with E-state index >= 15 is 0 Å². The van der Waals surface area contributed by atoms with Crippen molar-refractivity contribution in [3.63, 3.8) is 0 Å². The zero-order valence-corrected chi connectivity index (χ0v) is 15.1. The van der Waals surface area contributed by atoms with E-state index < -0.39 is 0 Å². The first-order valence-electron chi connectivity index (χ1n) is 8.45. The van der Waals surface area contributed by atoms with Gasteiger partial charge in [-0.2, -0.15) is 0 Å². The van der Waals surface area contributed by atoms with Gasteiger partial charge in [-0.15, -0.1) is 0 Å². The van der Waals surface area contributed by atoms with Crippen molar-refractivity contribution in [1.82, 2.24) is 0 Å². The van der Waals surface area contributed by atoms with E-state index in [1.54, 1.807) is 0 Å². The summed E-state index contributed by atoms with van der Waals surface area (Å²) in [7, 11) is 0. The fourth-order valence-electron chi connectivity index (χ4n) is 3.80. The number of aryl methyl sites for hydroxylation is 2. The van der Waals surface area contributed by atoms with E-state index in [0.29, 0.717) is 0 Å². The molecule has 0 fully saturated rings. The predicted molar refractivity (Wildman–Crippen MR) is 96.8 cm³/mol. The van der Waals surface area contributed by atoms with E-state index in [9.17, 15) is 0 Å². The zero-order valence-electron chi connectivity index (χ0n) is 15.1. The standard InChI is InChI=1S/C22H28/c1-8-15-12-17-18-13-16(21(3,4)5)9-10-19(18)22(6,7)20(17)11-14(15)2/h9-13H,8H2,1-7H3. The molecule has 0 heterocycles. The lowest BCUT2D eigenvalue weighted by molar-refractivity contribution is 0.589. The molecular weight excluding hydrogens is 264 g/mol. The van der Waals surface area contributed by atoms with Gasteiger partial charge in [0.05, 0.1) is 0 Å². The van der Waals surface area contributed by atoms with Gasteiger partial charge in [-0.1, -0.05) is 71.9 Å². The molecule has 0 saturated carbocycles. The van der Waals surface area contributed by atoms with Gasteiger partial charge in [0, 0.05) is 5.41 Å². The highest BCUT2D eigenvalue weighted by atomic mass is 14.4. The maximum Gasteiger partial charge on any atom is 0.0158 e. The number of fused-ring (bicyclic) bond motifs is 3. The van der Waals surface area contributed by atoms with Crippen LogP contribution in [0.15, 0.2) is 30.3 Å². The molecule has 0 radical (unpaired) electrons. The fourth-order valence-corrected chi connectivity index (χ4v) is 3.80.